The van der Waals surface area contributed by atoms with Gasteiger partial charge in [-0.2, -0.15) is 9.36 Å². The number of thioether (sulfide) groups is 1. The topological polar surface area (TPSA) is 302 Å². The van der Waals surface area contributed by atoms with Crippen molar-refractivity contribution in [2.75, 3.05) is 35.6 Å². The number of carboxylic acid groups (broad SMARTS) is 2. The van der Waals surface area contributed by atoms with E-state index >= 15 is 0 Å². The van der Waals surface area contributed by atoms with Gasteiger partial charge in [0.1, 0.15) is 17.5 Å². The van der Waals surface area contributed by atoms with Crippen LogP contribution in [0.2, 0.25) is 0 Å². The number of urea groups is 1. The predicted octanol–water partition coefficient (Wildman–Crippen LogP) is -3.90. The molecule has 0 radical (unpaired) electrons. The first kappa shape index (κ1) is 32.9. The second kappa shape index (κ2) is 13.8. The normalized spacial score (nSPS) is 18.5. The highest BCUT2D eigenvalue weighted by Gasteiger charge is 2.53. The summed E-state index contributed by atoms with van der Waals surface area (Å²) in [6.07, 6.45) is 0.188. The number of β-lactam (4-membered cyclic amide) rings is 1. The molecule has 0 aromatic carbocycles. The molecule has 3 atom stereocenters. The van der Waals surface area contributed by atoms with Crippen LogP contribution < -0.4 is 42.9 Å². The summed E-state index contributed by atoms with van der Waals surface area (Å²) in [7, 11) is 1.60. The third-order valence-corrected chi connectivity index (χ3v) is 8.38. The summed E-state index contributed by atoms with van der Waals surface area (Å²) in [5.74, 6) is -4.28. The maximum Gasteiger partial charge on any atom is 0.319 e. The number of amides is 4. The van der Waals surface area contributed by atoms with Gasteiger partial charge in [-0.05, 0) is 6.92 Å². The summed E-state index contributed by atoms with van der Waals surface area (Å²) in [6.45, 7) is 1.89. The number of nitrogens with one attached hydrogen (secondary N) is 3. The first-order valence-electron chi connectivity index (χ1n) is 13.2. The van der Waals surface area contributed by atoms with Crippen LogP contribution in [-0.4, -0.2) is 95.9 Å². The molecule has 1 saturated heterocycles. The molecule has 2 aliphatic rings. The third kappa shape index (κ3) is 7.24. The molecule has 242 valence electrons. The van der Waals surface area contributed by atoms with E-state index in [0.717, 1.165) is 16.4 Å². The van der Waals surface area contributed by atoms with E-state index in [1.807, 2.05) is 0 Å². The number of rotatable bonds is 13. The number of nitrogens with two attached hydrogens (primary N) is 3. The van der Waals surface area contributed by atoms with E-state index in [2.05, 4.69) is 30.5 Å². The summed E-state index contributed by atoms with van der Waals surface area (Å²) in [6, 6.07) is -1.68. The van der Waals surface area contributed by atoms with Crippen LogP contribution in [0.1, 0.15) is 19.2 Å². The Morgan fingerprint density at radius 2 is 2.07 bits per heavy atom. The van der Waals surface area contributed by atoms with Crippen LogP contribution in [0.3, 0.4) is 0 Å². The van der Waals surface area contributed by atoms with Crippen molar-refractivity contribution in [2.45, 2.75) is 37.4 Å². The van der Waals surface area contributed by atoms with Crippen LogP contribution in [0.15, 0.2) is 22.6 Å². The lowest BCUT2D eigenvalue weighted by Crippen LogP contribution is -2.71. The Bertz CT molecular complexity index is 1590. The minimum absolute atomic E-state index is 0.0176. The van der Waals surface area contributed by atoms with E-state index in [1.54, 1.807) is 11.7 Å². The van der Waals surface area contributed by atoms with Crippen LogP contribution in [0.4, 0.5) is 21.4 Å². The smallest absolute Gasteiger partial charge is 0.319 e. The Balaban J connectivity index is 1.51. The van der Waals surface area contributed by atoms with Gasteiger partial charge in [-0.25, -0.2) is 4.79 Å². The van der Waals surface area contributed by atoms with Crippen LogP contribution in [0.25, 0.3) is 0 Å². The SMILES string of the molecule is CC(CC(=O)O)ON=C(C(=O)N[C@@H]1C(=O)N2C(C(=O)[O-])=C(C[n+]3cc(NC(=O)NCCN)c(N)n3C)CS[C@H]12)c1nsc(N)n1. The van der Waals surface area contributed by atoms with Crippen molar-refractivity contribution in [2.24, 2.45) is 17.9 Å². The molecule has 20 nitrogen and oxygen atoms in total. The largest absolute Gasteiger partial charge is 0.543 e. The van der Waals surface area contributed by atoms with Gasteiger partial charge in [-0.1, -0.05) is 5.16 Å². The van der Waals surface area contributed by atoms with Gasteiger partial charge < -0.3 is 47.7 Å². The van der Waals surface area contributed by atoms with E-state index in [4.69, 9.17) is 27.1 Å². The average molecular weight is 667 g/mol. The zero-order valence-electron chi connectivity index (χ0n) is 23.9. The molecule has 1 unspecified atom stereocenters. The van der Waals surface area contributed by atoms with E-state index in [0.29, 0.717) is 5.57 Å². The average Bonchev–Trinajstić information content (AvgIpc) is 3.52. The van der Waals surface area contributed by atoms with Gasteiger partial charge in [-0.15, -0.1) is 21.1 Å². The number of aromatic nitrogens is 4. The van der Waals surface area contributed by atoms with Crippen molar-refractivity contribution in [3.8, 4) is 0 Å². The Hall–Kier alpha value is -4.96. The summed E-state index contributed by atoms with van der Waals surface area (Å²) in [5.41, 5.74) is 16.9. The zero-order valence-corrected chi connectivity index (χ0v) is 25.5. The van der Waals surface area contributed by atoms with Crippen LogP contribution in [0.5, 0.6) is 0 Å². The fraction of sp³-hybridized carbons (Fsp3) is 0.435. The summed E-state index contributed by atoms with van der Waals surface area (Å²) in [5, 5.41) is 31.8. The maximum atomic E-state index is 13.2. The molecule has 4 heterocycles. The van der Waals surface area contributed by atoms with Crippen molar-refractivity contribution < 1.29 is 43.7 Å². The van der Waals surface area contributed by atoms with Crippen LogP contribution in [0, 0.1) is 0 Å². The molecule has 0 aliphatic carbocycles. The molecule has 0 saturated carbocycles. The number of nitrogen functional groups attached to an aromatic ring is 2. The number of nitrogens with zero attached hydrogens (tertiary/aromatic N) is 6. The Kier molecular flexibility index (Phi) is 10.1. The van der Waals surface area contributed by atoms with Gasteiger partial charge in [0.25, 0.3) is 11.8 Å². The zero-order chi connectivity index (χ0) is 33.0. The highest BCUT2D eigenvalue weighted by molar-refractivity contribution is 8.00. The van der Waals surface area contributed by atoms with Crippen molar-refractivity contribution in [3.63, 3.8) is 0 Å². The van der Waals surface area contributed by atoms with E-state index in [1.165, 1.54) is 29.6 Å². The van der Waals surface area contributed by atoms with Crippen molar-refractivity contribution in [3.05, 3.63) is 23.3 Å². The molecule has 2 aliphatic heterocycles. The third-order valence-electron chi connectivity index (χ3n) is 6.50. The van der Waals surface area contributed by atoms with Gasteiger partial charge in [0.05, 0.1) is 25.1 Å². The lowest BCUT2D eigenvalue weighted by molar-refractivity contribution is -0.765. The number of hydrogen-bond acceptors (Lipinski definition) is 15. The number of aliphatic carboxylic acids is 2. The standard InChI is InChI=1S/C23H30N12O8S2/c1-9(5-12(36)37)43-31-13(17-30-22(26)45-32-17)18(38)29-14-19(39)35-15(21(40)41)10(8-44-20(14)35)6-34-7-11(16(25)33(34)2)28-23(42)27-4-3-24/h7,9,14,20,25H,3-6,8,24H2,1-2H3,(H7,26,27,28,29,30,32,36,37,38,40,41,42)/t9?,14-,20-/m1/s1. The summed E-state index contributed by atoms with van der Waals surface area (Å²) in [4.78, 5) is 71.8. The van der Waals surface area contributed by atoms with E-state index in [9.17, 15) is 29.1 Å². The number of carbonyl (C=O) groups excluding carboxylic acids is 4. The minimum Gasteiger partial charge on any atom is -0.543 e. The molecule has 0 bridgehead atoms. The fourth-order valence-electron chi connectivity index (χ4n) is 4.35. The van der Waals surface area contributed by atoms with Crippen molar-refractivity contribution in [1.29, 1.82) is 0 Å². The van der Waals surface area contributed by atoms with Gasteiger partial charge in [0.15, 0.2) is 23.2 Å². The van der Waals surface area contributed by atoms with Crippen molar-refractivity contribution >= 4 is 75.4 Å². The van der Waals surface area contributed by atoms with E-state index < -0.39 is 59.4 Å². The number of hydrogen-bond donors (Lipinski definition) is 7. The second-order valence-corrected chi connectivity index (χ2v) is 11.6. The first-order valence-corrected chi connectivity index (χ1v) is 15.0. The van der Waals surface area contributed by atoms with Gasteiger partial charge in [0.2, 0.25) is 17.7 Å². The molecule has 45 heavy (non-hydrogen) atoms. The highest BCUT2D eigenvalue weighted by atomic mass is 32.2. The Labute approximate surface area is 262 Å². The number of anilines is 3. The molecule has 0 spiro atoms. The molecule has 10 N–H and O–H groups in total. The number of oxime groups is 1. The van der Waals surface area contributed by atoms with Gasteiger partial charge in [-0.3, -0.25) is 24.6 Å². The Morgan fingerprint density at radius 3 is 2.69 bits per heavy atom. The molecule has 2 aromatic rings. The molecule has 4 rings (SSSR count). The molecular weight excluding hydrogens is 636 g/mol. The molecule has 22 heteroatoms. The lowest BCUT2D eigenvalue weighted by atomic mass is 10.0. The fourth-order valence-corrected chi connectivity index (χ4v) is 6.12. The minimum atomic E-state index is -1.60. The molecular formula is C23H30N12O8S2. The quantitative estimate of drug-likeness (QED) is 0.0465. The predicted molar refractivity (Wildman–Crippen MR) is 157 cm³/mol. The Morgan fingerprint density at radius 1 is 1.33 bits per heavy atom. The number of carboxylic acids is 2. The van der Waals surface area contributed by atoms with Crippen LogP contribution in [-0.2, 0) is 37.6 Å². The van der Waals surface area contributed by atoms with Gasteiger partial charge >= 0.3 is 12.0 Å². The molecule has 4 amide bonds. The summed E-state index contributed by atoms with van der Waals surface area (Å²) >= 11 is 1.97. The maximum absolute atomic E-state index is 13.2. The summed E-state index contributed by atoms with van der Waals surface area (Å²) < 4.78 is 6.98. The lowest BCUT2D eigenvalue weighted by Gasteiger charge is -2.50. The molecule has 2 aromatic heterocycles. The van der Waals surface area contributed by atoms with E-state index in [-0.39, 0.29) is 53.5 Å². The first-order chi connectivity index (χ1) is 21.3. The highest BCUT2D eigenvalue weighted by Crippen LogP contribution is 2.40. The van der Waals surface area contributed by atoms with Crippen molar-refractivity contribution in [1.82, 2.24) is 29.6 Å². The number of carbonyl (C=O) groups is 5. The van der Waals surface area contributed by atoms with Gasteiger partial charge in [0, 0.05) is 35.9 Å². The van der Waals surface area contributed by atoms with Crippen LogP contribution >= 0.6 is 23.3 Å². The monoisotopic (exact) mass is 666 g/mol. The molecule has 1 fully saturated rings. The second-order valence-electron chi connectivity index (χ2n) is 9.73. The number of fused-ring (bicyclic) bond motifs is 1.